The van der Waals surface area contributed by atoms with Crippen LogP contribution in [0.5, 0.6) is 5.75 Å². The Labute approximate surface area is 91.4 Å². The molecule has 1 saturated carbocycles. The Kier molecular flexibility index (Phi) is 2.47. The molecule has 0 atom stereocenters. The zero-order valence-electron chi connectivity index (χ0n) is 9.76. The number of rotatable bonds is 3. The quantitative estimate of drug-likeness (QED) is 0.821. The Morgan fingerprint density at radius 3 is 2.33 bits per heavy atom. The summed E-state index contributed by atoms with van der Waals surface area (Å²) in [6.45, 7) is 4.99. The van der Waals surface area contributed by atoms with Gasteiger partial charge in [0.1, 0.15) is 5.75 Å². The second-order valence-electron chi connectivity index (χ2n) is 4.62. The highest BCUT2D eigenvalue weighted by Crippen LogP contribution is 2.50. The van der Waals surface area contributed by atoms with Gasteiger partial charge < -0.3 is 10.5 Å². The lowest BCUT2D eigenvalue weighted by Crippen LogP contribution is -2.20. The van der Waals surface area contributed by atoms with Crippen LogP contribution in [0.25, 0.3) is 0 Å². The van der Waals surface area contributed by atoms with Crippen LogP contribution in [0, 0.1) is 13.8 Å². The lowest BCUT2D eigenvalue weighted by atomic mass is 9.92. The van der Waals surface area contributed by atoms with E-state index >= 15 is 0 Å². The molecule has 0 spiro atoms. The summed E-state index contributed by atoms with van der Waals surface area (Å²) in [5, 5.41) is 0. The van der Waals surface area contributed by atoms with Crippen LogP contribution in [0.2, 0.25) is 0 Å². The number of nitrogens with two attached hydrogens (primary N) is 1. The molecule has 0 aliphatic heterocycles. The first-order chi connectivity index (χ1) is 7.13. The fourth-order valence-corrected chi connectivity index (χ4v) is 2.11. The number of aryl methyl sites for hydroxylation is 2. The second kappa shape index (κ2) is 3.53. The molecule has 0 aromatic heterocycles. The molecule has 15 heavy (non-hydrogen) atoms. The monoisotopic (exact) mass is 205 g/mol. The molecule has 2 heteroatoms. The molecule has 0 saturated heterocycles. The molecule has 0 amide bonds. The molecule has 2 N–H and O–H groups in total. The molecule has 0 bridgehead atoms. The van der Waals surface area contributed by atoms with Crippen LogP contribution in [-0.2, 0) is 5.41 Å². The third kappa shape index (κ3) is 1.63. The fraction of sp³-hybridized carbons (Fsp3) is 0.538. The molecule has 1 aliphatic rings. The van der Waals surface area contributed by atoms with Crippen molar-refractivity contribution in [2.75, 3.05) is 13.7 Å². The average Bonchev–Trinajstić information content (AvgIpc) is 3.02. The smallest absolute Gasteiger partial charge is 0.122 e. The van der Waals surface area contributed by atoms with E-state index in [1.54, 1.807) is 7.11 Å². The SMILES string of the molecule is COc1cc(C)c(C)cc1C1(CN)CC1. The summed E-state index contributed by atoms with van der Waals surface area (Å²) in [4.78, 5) is 0. The van der Waals surface area contributed by atoms with Crippen molar-refractivity contribution < 1.29 is 4.74 Å². The summed E-state index contributed by atoms with van der Waals surface area (Å²) in [7, 11) is 1.74. The van der Waals surface area contributed by atoms with Gasteiger partial charge in [0.15, 0.2) is 0 Å². The third-order valence-electron chi connectivity index (χ3n) is 3.63. The van der Waals surface area contributed by atoms with E-state index in [0.29, 0.717) is 0 Å². The Bertz CT molecular complexity index is 380. The van der Waals surface area contributed by atoms with Crippen LogP contribution in [-0.4, -0.2) is 13.7 Å². The fourth-order valence-electron chi connectivity index (χ4n) is 2.11. The number of methoxy groups -OCH3 is 1. The van der Waals surface area contributed by atoms with E-state index in [4.69, 9.17) is 10.5 Å². The van der Waals surface area contributed by atoms with E-state index in [1.807, 2.05) is 0 Å². The van der Waals surface area contributed by atoms with Crippen molar-refractivity contribution in [2.45, 2.75) is 32.1 Å². The van der Waals surface area contributed by atoms with Crippen molar-refractivity contribution in [2.24, 2.45) is 5.73 Å². The minimum Gasteiger partial charge on any atom is -0.496 e. The van der Waals surface area contributed by atoms with Gasteiger partial charge in [-0.15, -0.1) is 0 Å². The van der Waals surface area contributed by atoms with E-state index in [0.717, 1.165) is 12.3 Å². The predicted octanol–water partition coefficient (Wildman–Crippen LogP) is 2.30. The predicted molar refractivity (Wildman–Crippen MR) is 62.4 cm³/mol. The highest BCUT2D eigenvalue weighted by atomic mass is 16.5. The van der Waals surface area contributed by atoms with Gasteiger partial charge in [-0.3, -0.25) is 0 Å². The summed E-state index contributed by atoms with van der Waals surface area (Å²) in [6, 6.07) is 4.37. The standard InChI is InChI=1S/C13H19NO/c1-9-6-11(13(8-14)4-5-13)12(15-3)7-10(9)2/h6-7H,4-5,8,14H2,1-3H3. The number of hydrogen-bond acceptors (Lipinski definition) is 2. The summed E-state index contributed by atoms with van der Waals surface area (Å²) >= 11 is 0. The van der Waals surface area contributed by atoms with Gasteiger partial charge in [-0.25, -0.2) is 0 Å². The topological polar surface area (TPSA) is 35.2 Å². The van der Waals surface area contributed by atoms with Crippen molar-refractivity contribution in [3.63, 3.8) is 0 Å². The molecular formula is C13H19NO. The highest BCUT2D eigenvalue weighted by Gasteiger charge is 2.44. The zero-order chi connectivity index (χ0) is 11.1. The third-order valence-corrected chi connectivity index (χ3v) is 3.63. The van der Waals surface area contributed by atoms with E-state index in [1.165, 1.54) is 29.5 Å². The van der Waals surface area contributed by atoms with Gasteiger partial charge in [0.05, 0.1) is 7.11 Å². The maximum atomic E-state index is 5.86. The maximum Gasteiger partial charge on any atom is 0.122 e. The highest BCUT2D eigenvalue weighted by molar-refractivity contribution is 5.48. The first-order valence-electron chi connectivity index (χ1n) is 5.49. The minimum absolute atomic E-state index is 0.212. The minimum atomic E-state index is 0.212. The van der Waals surface area contributed by atoms with E-state index in [-0.39, 0.29) is 5.41 Å². The molecule has 1 aliphatic carbocycles. The summed E-state index contributed by atoms with van der Waals surface area (Å²) in [5.74, 6) is 1.00. The largest absolute Gasteiger partial charge is 0.496 e. The summed E-state index contributed by atoms with van der Waals surface area (Å²) < 4.78 is 5.45. The van der Waals surface area contributed by atoms with E-state index in [2.05, 4.69) is 26.0 Å². The molecular weight excluding hydrogens is 186 g/mol. The van der Waals surface area contributed by atoms with Crippen LogP contribution < -0.4 is 10.5 Å². The van der Waals surface area contributed by atoms with Gasteiger partial charge in [-0.2, -0.15) is 0 Å². The molecule has 1 aromatic rings. The molecule has 2 rings (SSSR count). The summed E-state index contributed by atoms with van der Waals surface area (Å²) in [5.41, 5.74) is 9.98. The number of benzene rings is 1. The van der Waals surface area contributed by atoms with Crippen molar-refractivity contribution in [1.82, 2.24) is 0 Å². The van der Waals surface area contributed by atoms with Crippen LogP contribution in [0.4, 0.5) is 0 Å². The Balaban J connectivity index is 2.50. The second-order valence-corrected chi connectivity index (χ2v) is 4.62. The van der Waals surface area contributed by atoms with Crippen LogP contribution in [0.1, 0.15) is 29.5 Å². The van der Waals surface area contributed by atoms with Gasteiger partial charge in [0, 0.05) is 17.5 Å². The van der Waals surface area contributed by atoms with Gasteiger partial charge in [-0.05, 0) is 43.9 Å². The van der Waals surface area contributed by atoms with Crippen LogP contribution >= 0.6 is 0 Å². The maximum absolute atomic E-state index is 5.86. The van der Waals surface area contributed by atoms with Crippen molar-refractivity contribution in [3.05, 3.63) is 28.8 Å². The molecule has 82 valence electrons. The van der Waals surface area contributed by atoms with Gasteiger partial charge in [0.25, 0.3) is 0 Å². The molecule has 0 unspecified atom stereocenters. The average molecular weight is 205 g/mol. The van der Waals surface area contributed by atoms with Gasteiger partial charge in [0.2, 0.25) is 0 Å². The Hall–Kier alpha value is -1.02. The lowest BCUT2D eigenvalue weighted by Gasteiger charge is -2.18. The Morgan fingerprint density at radius 2 is 1.87 bits per heavy atom. The number of ether oxygens (including phenoxy) is 1. The van der Waals surface area contributed by atoms with Crippen molar-refractivity contribution >= 4 is 0 Å². The molecule has 1 aromatic carbocycles. The molecule has 2 nitrogen and oxygen atoms in total. The Morgan fingerprint density at radius 1 is 1.27 bits per heavy atom. The van der Waals surface area contributed by atoms with Gasteiger partial charge in [-0.1, -0.05) is 6.07 Å². The molecule has 1 fully saturated rings. The first-order valence-corrected chi connectivity index (χ1v) is 5.49. The normalized spacial score (nSPS) is 17.6. The van der Waals surface area contributed by atoms with Crippen molar-refractivity contribution in [1.29, 1.82) is 0 Å². The van der Waals surface area contributed by atoms with Gasteiger partial charge >= 0.3 is 0 Å². The van der Waals surface area contributed by atoms with Crippen LogP contribution in [0.3, 0.4) is 0 Å². The van der Waals surface area contributed by atoms with Crippen LogP contribution in [0.15, 0.2) is 12.1 Å². The molecule has 0 heterocycles. The van der Waals surface area contributed by atoms with E-state index in [9.17, 15) is 0 Å². The van der Waals surface area contributed by atoms with Crippen molar-refractivity contribution in [3.8, 4) is 5.75 Å². The lowest BCUT2D eigenvalue weighted by molar-refractivity contribution is 0.403. The zero-order valence-corrected chi connectivity index (χ0v) is 9.76. The first kappa shape index (κ1) is 10.5. The number of hydrogen-bond donors (Lipinski definition) is 1. The summed E-state index contributed by atoms with van der Waals surface area (Å²) in [6.07, 6.45) is 2.39. The molecule has 0 radical (unpaired) electrons. The van der Waals surface area contributed by atoms with E-state index < -0.39 is 0 Å².